The zero-order valence-electron chi connectivity index (χ0n) is 19.4. The molecular formula is C25H27N5O4. The van der Waals surface area contributed by atoms with E-state index in [1.807, 2.05) is 54.6 Å². The number of para-hydroxylation sites is 1. The highest BCUT2D eigenvalue weighted by Crippen LogP contribution is 2.26. The number of rotatable bonds is 7. The smallest absolute Gasteiger partial charge is 0.272 e. The van der Waals surface area contributed by atoms with Crippen LogP contribution in [0.5, 0.6) is 5.75 Å². The predicted molar refractivity (Wildman–Crippen MR) is 125 cm³/mol. The minimum absolute atomic E-state index is 0.112. The zero-order valence-corrected chi connectivity index (χ0v) is 19.4. The maximum absolute atomic E-state index is 13.1. The lowest BCUT2D eigenvalue weighted by Crippen LogP contribution is -2.62. The molecule has 9 heteroatoms. The second-order valence-electron chi connectivity index (χ2n) is 8.37. The van der Waals surface area contributed by atoms with E-state index < -0.39 is 11.4 Å². The molecule has 3 amide bonds. The Kier molecular flexibility index (Phi) is 6.36. The largest absolute Gasteiger partial charge is 0.496 e. The number of aromatic nitrogens is 2. The summed E-state index contributed by atoms with van der Waals surface area (Å²) in [4.78, 5) is 40.3. The molecule has 9 nitrogen and oxygen atoms in total. The molecule has 0 spiro atoms. The van der Waals surface area contributed by atoms with Gasteiger partial charge in [-0.05, 0) is 18.6 Å². The van der Waals surface area contributed by atoms with Gasteiger partial charge in [0, 0.05) is 31.8 Å². The zero-order chi connectivity index (χ0) is 24.3. The number of hydrogen-bond donors (Lipinski definition) is 2. The lowest BCUT2D eigenvalue weighted by molar-refractivity contribution is -0.132. The Morgan fingerprint density at radius 3 is 2.50 bits per heavy atom. The van der Waals surface area contributed by atoms with Crippen molar-refractivity contribution in [3.05, 3.63) is 83.2 Å². The third-order valence-electron chi connectivity index (χ3n) is 6.15. The van der Waals surface area contributed by atoms with Crippen LogP contribution in [0.3, 0.4) is 0 Å². The SMILES string of the molecule is COc1ccccc1CNC(=O)c1cc2n(n1)CC(C)(C(=O)NCc1ccccc1)N(C)C2=O. The van der Waals surface area contributed by atoms with Crippen molar-refractivity contribution < 1.29 is 19.1 Å². The van der Waals surface area contributed by atoms with Crippen molar-refractivity contribution in [2.75, 3.05) is 14.2 Å². The molecule has 0 aliphatic carbocycles. The van der Waals surface area contributed by atoms with E-state index in [0.717, 1.165) is 11.1 Å². The summed E-state index contributed by atoms with van der Waals surface area (Å²) in [6.07, 6.45) is 0. The number of nitrogens with one attached hydrogen (secondary N) is 2. The summed E-state index contributed by atoms with van der Waals surface area (Å²) in [6.45, 7) is 2.42. The molecule has 2 N–H and O–H groups in total. The number of benzene rings is 2. The summed E-state index contributed by atoms with van der Waals surface area (Å²) in [6, 6.07) is 18.4. The average Bonchev–Trinajstić information content (AvgIpc) is 3.29. The predicted octanol–water partition coefficient (Wildman–Crippen LogP) is 1.98. The van der Waals surface area contributed by atoms with Crippen LogP contribution in [0.4, 0.5) is 0 Å². The molecule has 4 rings (SSSR count). The van der Waals surface area contributed by atoms with E-state index in [1.165, 1.54) is 15.6 Å². The Bertz CT molecular complexity index is 1220. The molecule has 0 saturated carbocycles. The van der Waals surface area contributed by atoms with Gasteiger partial charge in [-0.2, -0.15) is 5.10 Å². The lowest BCUT2D eigenvalue weighted by atomic mass is 9.96. The molecule has 0 bridgehead atoms. The summed E-state index contributed by atoms with van der Waals surface area (Å²) in [5.41, 5.74) is 0.994. The molecule has 1 unspecified atom stereocenters. The second kappa shape index (κ2) is 9.38. The fourth-order valence-corrected chi connectivity index (χ4v) is 3.92. The minimum atomic E-state index is -1.16. The molecule has 2 heterocycles. The van der Waals surface area contributed by atoms with Gasteiger partial charge in [-0.15, -0.1) is 0 Å². The quantitative estimate of drug-likeness (QED) is 0.560. The van der Waals surface area contributed by atoms with Gasteiger partial charge in [0.25, 0.3) is 11.8 Å². The van der Waals surface area contributed by atoms with Gasteiger partial charge >= 0.3 is 0 Å². The molecule has 2 aromatic carbocycles. The summed E-state index contributed by atoms with van der Waals surface area (Å²) in [5, 5.41) is 10.0. The van der Waals surface area contributed by atoms with Crippen LogP contribution in [0.1, 0.15) is 39.0 Å². The summed E-state index contributed by atoms with van der Waals surface area (Å²) in [5.74, 6) is -0.421. The van der Waals surface area contributed by atoms with Crippen LogP contribution in [-0.4, -0.2) is 52.1 Å². The highest BCUT2D eigenvalue weighted by atomic mass is 16.5. The van der Waals surface area contributed by atoms with Gasteiger partial charge < -0.3 is 20.3 Å². The van der Waals surface area contributed by atoms with Crippen molar-refractivity contribution in [1.82, 2.24) is 25.3 Å². The Morgan fingerprint density at radius 1 is 1.06 bits per heavy atom. The van der Waals surface area contributed by atoms with E-state index in [2.05, 4.69) is 15.7 Å². The highest BCUT2D eigenvalue weighted by Gasteiger charge is 2.46. The lowest BCUT2D eigenvalue weighted by Gasteiger charge is -2.40. The summed E-state index contributed by atoms with van der Waals surface area (Å²) < 4.78 is 6.74. The Labute approximate surface area is 197 Å². The van der Waals surface area contributed by atoms with Gasteiger partial charge in [-0.3, -0.25) is 19.1 Å². The standard InChI is InChI=1S/C25H27N5O4/c1-25(24(33)27-14-17-9-5-4-6-10-17)16-30-20(23(32)29(25)2)13-19(28-30)22(31)26-15-18-11-7-8-12-21(18)34-3/h4-13H,14-16H2,1-3H3,(H,26,31)(H,27,33). The van der Waals surface area contributed by atoms with E-state index in [1.54, 1.807) is 21.1 Å². The molecule has 3 aromatic rings. The maximum Gasteiger partial charge on any atom is 0.272 e. The van der Waals surface area contributed by atoms with Crippen LogP contribution in [0.25, 0.3) is 0 Å². The van der Waals surface area contributed by atoms with E-state index in [4.69, 9.17) is 4.74 Å². The third-order valence-corrected chi connectivity index (χ3v) is 6.15. The fourth-order valence-electron chi connectivity index (χ4n) is 3.92. The van der Waals surface area contributed by atoms with Crippen molar-refractivity contribution in [1.29, 1.82) is 0 Å². The molecule has 176 valence electrons. The molecule has 0 radical (unpaired) electrons. The van der Waals surface area contributed by atoms with E-state index in [0.29, 0.717) is 12.3 Å². The van der Waals surface area contributed by atoms with Crippen LogP contribution in [0, 0.1) is 0 Å². The first-order chi connectivity index (χ1) is 16.3. The van der Waals surface area contributed by atoms with Crippen LogP contribution in [0.15, 0.2) is 60.7 Å². The number of nitrogens with zero attached hydrogens (tertiary/aromatic N) is 3. The van der Waals surface area contributed by atoms with E-state index in [9.17, 15) is 14.4 Å². The first kappa shape index (κ1) is 23.0. The number of amides is 3. The van der Waals surface area contributed by atoms with Crippen LogP contribution >= 0.6 is 0 Å². The first-order valence-corrected chi connectivity index (χ1v) is 10.9. The van der Waals surface area contributed by atoms with Crippen molar-refractivity contribution >= 4 is 17.7 Å². The summed E-state index contributed by atoms with van der Waals surface area (Å²) >= 11 is 0. The Hall–Kier alpha value is -4.14. The number of ether oxygens (including phenoxy) is 1. The normalized spacial score (nSPS) is 17.1. The molecule has 1 atom stereocenters. The van der Waals surface area contributed by atoms with Crippen LogP contribution in [0.2, 0.25) is 0 Å². The molecule has 0 saturated heterocycles. The molecule has 1 aromatic heterocycles. The number of hydrogen-bond acceptors (Lipinski definition) is 5. The maximum atomic E-state index is 13.1. The van der Waals surface area contributed by atoms with Crippen molar-refractivity contribution in [3.8, 4) is 5.75 Å². The van der Waals surface area contributed by atoms with Crippen LogP contribution < -0.4 is 15.4 Å². The molecule has 1 aliphatic rings. The van der Waals surface area contributed by atoms with Crippen molar-refractivity contribution in [2.24, 2.45) is 0 Å². The van der Waals surface area contributed by atoms with Crippen molar-refractivity contribution in [2.45, 2.75) is 32.1 Å². The number of carbonyl (C=O) groups is 3. The molecule has 1 aliphatic heterocycles. The number of fused-ring (bicyclic) bond motifs is 1. The molecule has 0 fully saturated rings. The monoisotopic (exact) mass is 461 g/mol. The fraction of sp³-hybridized carbons (Fsp3) is 0.280. The topological polar surface area (TPSA) is 106 Å². The molecular weight excluding hydrogens is 434 g/mol. The van der Waals surface area contributed by atoms with Crippen LogP contribution in [-0.2, 0) is 24.4 Å². The third kappa shape index (κ3) is 4.36. The van der Waals surface area contributed by atoms with E-state index in [-0.39, 0.29) is 36.3 Å². The number of methoxy groups -OCH3 is 1. The second-order valence-corrected chi connectivity index (χ2v) is 8.37. The number of carbonyl (C=O) groups excluding carboxylic acids is 3. The van der Waals surface area contributed by atoms with Gasteiger partial charge in [0.1, 0.15) is 17.0 Å². The highest BCUT2D eigenvalue weighted by molar-refractivity contribution is 6.01. The average molecular weight is 462 g/mol. The summed E-state index contributed by atoms with van der Waals surface area (Å²) in [7, 11) is 3.15. The van der Waals surface area contributed by atoms with Gasteiger partial charge in [0.05, 0.1) is 13.7 Å². The first-order valence-electron chi connectivity index (χ1n) is 10.9. The Balaban J connectivity index is 1.48. The van der Waals surface area contributed by atoms with E-state index >= 15 is 0 Å². The number of likely N-dealkylation sites (N-methyl/N-ethyl adjacent to an activating group) is 1. The molecule has 34 heavy (non-hydrogen) atoms. The minimum Gasteiger partial charge on any atom is -0.496 e. The van der Waals surface area contributed by atoms with Gasteiger partial charge in [-0.1, -0.05) is 48.5 Å². The van der Waals surface area contributed by atoms with Crippen molar-refractivity contribution in [3.63, 3.8) is 0 Å². The van der Waals surface area contributed by atoms with Gasteiger partial charge in [-0.25, -0.2) is 0 Å². The van der Waals surface area contributed by atoms with Gasteiger partial charge in [0.2, 0.25) is 5.91 Å². The van der Waals surface area contributed by atoms with Gasteiger partial charge in [0.15, 0.2) is 5.69 Å². The Morgan fingerprint density at radius 2 is 1.76 bits per heavy atom.